The van der Waals surface area contributed by atoms with Crippen molar-refractivity contribution in [1.82, 2.24) is 0 Å². The Kier molecular flexibility index (Phi) is 4.15. The van der Waals surface area contributed by atoms with Crippen LogP contribution in [0.3, 0.4) is 0 Å². The molecule has 162 valence electrons. The summed E-state index contributed by atoms with van der Waals surface area (Å²) in [4.78, 5) is 13.0. The number of fused-ring (bicyclic) bond motifs is 11. The van der Waals surface area contributed by atoms with Crippen LogP contribution in [0.4, 0.5) is 0 Å². The van der Waals surface area contributed by atoms with Crippen molar-refractivity contribution in [3.63, 3.8) is 0 Å². The number of hydrogen-bond donors (Lipinski definition) is 0. The van der Waals surface area contributed by atoms with Crippen LogP contribution in [-0.4, -0.2) is 19.2 Å². The Balaban J connectivity index is 1.03. The maximum atomic E-state index is 13.0. The van der Waals surface area contributed by atoms with Crippen molar-refractivity contribution in [3.8, 4) is 5.75 Å². The van der Waals surface area contributed by atoms with Gasteiger partial charge in [-0.15, -0.1) is 0 Å². The molecule has 0 spiro atoms. The molecule has 3 nitrogen and oxygen atoms in total. The minimum absolute atomic E-state index is 0.00841. The Morgan fingerprint density at radius 1 is 0.812 bits per heavy atom. The number of allylic oxidation sites excluding steroid dienone is 2. The smallest absolute Gasteiger partial charge is 0.309 e. The van der Waals surface area contributed by atoms with Gasteiger partial charge in [-0.05, 0) is 71.6 Å². The van der Waals surface area contributed by atoms with Gasteiger partial charge in [0.25, 0.3) is 0 Å². The maximum absolute atomic E-state index is 13.0. The van der Waals surface area contributed by atoms with Crippen LogP contribution in [0.15, 0.2) is 66.7 Å². The van der Waals surface area contributed by atoms with Gasteiger partial charge >= 0.3 is 5.97 Å². The van der Waals surface area contributed by atoms with E-state index in [4.69, 9.17) is 9.47 Å². The standard InChI is InChI=1S/C29H28O3/c30-29(25-16-21-15-24(25)27-20-10-9-19(14-20)26(21)27)32-12-11-31-28-22-7-3-1-5-17(22)13-18-6-2-4-8-23(18)28/h1-10,13,19-21,24-27H,11-12,14-16H2. The van der Waals surface area contributed by atoms with Gasteiger partial charge in [0.2, 0.25) is 0 Å². The zero-order valence-corrected chi connectivity index (χ0v) is 18.2. The highest BCUT2D eigenvalue weighted by Gasteiger charge is 2.62. The van der Waals surface area contributed by atoms with Crippen molar-refractivity contribution < 1.29 is 14.3 Å². The average Bonchev–Trinajstić information content (AvgIpc) is 3.61. The van der Waals surface area contributed by atoms with E-state index in [1.54, 1.807) is 0 Å². The Morgan fingerprint density at radius 2 is 1.50 bits per heavy atom. The molecule has 0 aromatic heterocycles. The zero-order chi connectivity index (χ0) is 21.2. The maximum Gasteiger partial charge on any atom is 0.309 e. The van der Waals surface area contributed by atoms with Crippen molar-refractivity contribution in [2.45, 2.75) is 19.3 Å². The molecule has 3 saturated carbocycles. The summed E-state index contributed by atoms with van der Waals surface area (Å²) in [6, 6.07) is 18.8. The van der Waals surface area contributed by atoms with Crippen LogP contribution in [0.1, 0.15) is 19.3 Å². The van der Waals surface area contributed by atoms with E-state index in [-0.39, 0.29) is 11.9 Å². The van der Waals surface area contributed by atoms with Gasteiger partial charge in [-0.2, -0.15) is 0 Å². The molecule has 3 heteroatoms. The highest BCUT2D eigenvalue weighted by Crippen LogP contribution is 2.67. The summed E-state index contributed by atoms with van der Waals surface area (Å²) in [5, 5.41) is 4.52. The summed E-state index contributed by atoms with van der Waals surface area (Å²) in [5.74, 6) is 5.37. The number of carbonyl (C=O) groups is 1. The highest BCUT2D eigenvalue weighted by atomic mass is 16.6. The third-order valence-corrected chi connectivity index (χ3v) is 8.87. The third-order valence-electron chi connectivity index (χ3n) is 8.87. The predicted octanol–water partition coefficient (Wildman–Crippen LogP) is 6.01. The molecule has 4 bridgehead atoms. The van der Waals surface area contributed by atoms with E-state index >= 15 is 0 Å². The predicted molar refractivity (Wildman–Crippen MR) is 125 cm³/mol. The van der Waals surface area contributed by atoms with Crippen molar-refractivity contribution >= 4 is 27.5 Å². The first-order chi connectivity index (χ1) is 15.8. The molecule has 4 aliphatic carbocycles. The SMILES string of the molecule is O=C(OCCOc1c2ccccc2cc2ccccc12)C1CC2CC1C1C3C=CC(C3)C21. The van der Waals surface area contributed by atoms with E-state index in [2.05, 4.69) is 54.6 Å². The molecule has 3 aromatic rings. The van der Waals surface area contributed by atoms with Gasteiger partial charge < -0.3 is 9.47 Å². The van der Waals surface area contributed by atoms with Crippen LogP contribution in [-0.2, 0) is 9.53 Å². The van der Waals surface area contributed by atoms with E-state index in [9.17, 15) is 4.79 Å². The molecule has 0 saturated heterocycles. The minimum atomic E-state index is 0.00841. The number of hydrogen-bond acceptors (Lipinski definition) is 3. The van der Waals surface area contributed by atoms with Gasteiger partial charge in [0.15, 0.2) is 0 Å². The van der Waals surface area contributed by atoms with Gasteiger partial charge in [-0.25, -0.2) is 0 Å². The van der Waals surface area contributed by atoms with Gasteiger partial charge in [0.05, 0.1) is 5.92 Å². The molecule has 7 rings (SSSR count). The molecule has 7 unspecified atom stereocenters. The molecule has 0 heterocycles. The molecular formula is C29H28O3. The van der Waals surface area contributed by atoms with Gasteiger partial charge in [0.1, 0.15) is 19.0 Å². The van der Waals surface area contributed by atoms with Gasteiger partial charge in [-0.3, -0.25) is 4.79 Å². The monoisotopic (exact) mass is 424 g/mol. The minimum Gasteiger partial charge on any atom is -0.489 e. The molecule has 3 aromatic carbocycles. The summed E-state index contributed by atoms with van der Waals surface area (Å²) in [5.41, 5.74) is 0. The van der Waals surface area contributed by atoms with Crippen molar-refractivity contribution in [2.75, 3.05) is 13.2 Å². The highest BCUT2D eigenvalue weighted by molar-refractivity contribution is 6.05. The van der Waals surface area contributed by atoms with Crippen LogP contribution in [0.25, 0.3) is 21.5 Å². The second kappa shape index (κ2) is 7.10. The Hall–Kier alpha value is -2.81. The molecule has 0 N–H and O–H groups in total. The summed E-state index contributed by atoms with van der Waals surface area (Å²) >= 11 is 0. The van der Waals surface area contributed by atoms with Crippen LogP contribution < -0.4 is 4.74 Å². The quantitative estimate of drug-likeness (QED) is 0.165. The normalized spacial score (nSPS) is 33.8. The lowest BCUT2D eigenvalue weighted by Gasteiger charge is -2.35. The van der Waals surface area contributed by atoms with E-state index < -0.39 is 0 Å². The van der Waals surface area contributed by atoms with Crippen LogP contribution in [0.2, 0.25) is 0 Å². The van der Waals surface area contributed by atoms with Gasteiger partial charge in [0, 0.05) is 10.8 Å². The summed E-state index contributed by atoms with van der Waals surface area (Å²) in [6.45, 7) is 0.689. The Bertz CT molecular complexity index is 1190. The van der Waals surface area contributed by atoms with E-state index in [1.807, 2.05) is 12.1 Å². The summed E-state index contributed by atoms with van der Waals surface area (Å²) in [6.07, 6.45) is 8.49. The van der Waals surface area contributed by atoms with E-state index in [1.165, 1.54) is 12.8 Å². The number of esters is 1. The molecule has 7 atom stereocenters. The third kappa shape index (κ3) is 2.69. The second-order valence-corrected chi connectivity index (χ2v) is 10.3. The lowest BCUT2D eigenvalue weighted by Crippen LogP contribution is -2.35. The number of ether oxygens (including phenoxy) is 2. The average molecular weight is 425 g/mol. The number of carbonyl (C=O) groups excluding carboxylic acids is 1. The van der Waals surface area contributed by atoms with Crippen LogP contribution in [0.5, 0.6) is 5.75 Å². The molecular weight excluding hydrogens is 396 g/mol. The lowest BCUT2D eigenvalue weighted by atomic mass is 9.69. The fourth-order valence-corrected chi connectivity index (χ4v) is 7.81. The first-order valence-corrected chi connectivity index (χ1v) is 12.2. The Labute approximate surface area is 188 Å². The second-order valence-electron chi connectivity index (χ2n) is 10.3. The van der Waals surface area contributed by atoms with Gasteiger partial charge in [-0.1, -0.05) is 60.7 Å². The summed E-state index contributed by atoms with van der Waals surface area (Å²) in [7, 11) is 0. The van der Waals surface area contributed by atoms with Crippen LogP contribution in [0, 0.1) is 41.4 Å². The van der Waals surface area contributed by atoms with E-state index in [0.29, 0.717) is 19.1 Å². The van der Waals surface area contributed by atoms with Crippen molar-refractivity contribution in [1.29, 1.82) is 0 Å². The fraction of sp³-hybridized carbons (Fsp3) is 0.414. The largest absolute Gasteiger partial charge is 0.489 e. The zero-order valence-electron chi connectivity index (χ0n) is 18.2. The first kappa shape index (κ1) is 18.7. The topological polar surface area (TPSA) is 35.5 Å². The first-order valence-electron chi connectivity index (χ1n) is 12.2. The molecule has 4 aliphatic rings. The molecule has 0 radical (unpaired) electrons. The summed E-state index contributed by atoms with van der Waals surface area (Å²) < 4.78 is 12.0. The number of benzene rings is 3. The Morgan fingerprint density at radius 3 is 2.25 bits per heavy atom. The molecule has 0 amide bonds. The molecule has 32 heavy (non-hydrogen) atoms. The fourth-order valence-electron chi connectivity index (χ4n) is 7.81. The lowest BCUT2D eigenvalue weighted by molar-refractivity contribution is -0.152. The molecule has 0 aliphatic heterocycles. The van der Waals surface area contributed by atoms with Crippen LogP contribution >= 0.6 is 0 Å². The van der Waals surface area contributed by atoms with E-state index in [0.717, 1.165) is 63.3 Å². The van der Waals surface area contributed by atoms with Crippen molar-refractivity contribution in [3.05, 3.63) is 66.7 Å². The van der Waals surface area contributed by atoms with Crippen molar-refractivity contribution in [2.24, 2.45) is 41.4 Å². The number of rotatable bonds is 5. The molecule has 3 fully saturated rings.